The van der Waals surface area contributed by atoms with Crippen molar-refractivity contribution >= 4 is 17.3 Å². The van der Waals surface area contributed by atoms with Crippen molar-refractivity contribution in [3.63, 3.8) is 0 Å². The number of nitrogens with zero attached hydrogens (tertiary/aromatic N) is 3. The Morgan fingerprint density at radius 3 is 2.82 bits per heavy atom. The number of carbonyl (C=O) groups excluding carboxylic acids is 2. The molecule has 4 rings (SSSR count). The van der Waals surface area contributed by atoms with E-state index in [1.54, 1.807) is 6.20 Å². The fraction of sp³-hybridized carbons (Fsp3) is 0.409. The van der Waals surface area contributed by atoms with Crippen LogP contribution in [0.4, 0.5) is 0 Å². The number of carbonyl (C=O) groups is 2. The summed E-state index contributed by atoms with van der Waals surface area (Å²) >= 11 is 0. The van der Waals surface area contributed by atoms with Crippen molar-refractivity contribution in [2.45, 2.75) is 38.3 Å². The molecule has 1 saturated heterocycles. The number of benzene rings is 1. The molecule has 6 nitrogen and oxygen atoms in total. The van der Waals surface area contributed by atoms with Gasteiger partial charge in [-0.15, -0.1) is 0 Å². The summed E-state index contributed by atoms with van der Waals surface area (Å²) in [4.78, 5) is 27.3. The zero-order valence-electron chi connectivity index (χ0n) is 15.9. The van der Waals surface area contributed by atoms with Crippen LogP contribution in [0, 0.1) is 0 Å². The lowest BCUT2D eigenvalue weighted by Crippen LogP contribution is -2.38. The highest BCUT2D eigenvalue weighted by Gasteiger charge is 2.29. The minimum Gasteiger partial charge on any atom is -0.374 e. The third-order valence-electron chi connectivity index (χ3n) is 5.41. The molecule has 1 aliphatic heterocycles. The van der Waals surface area contributed by atoms with E-state index < -0.39 is 0 Å². The molecule has 2 aromatic rings. The van der Waals surface area contributed by atoms with Gasteiger partial charge in [0.05, 0.1) is 19.1 Å². The van der Waals surface area contributed by atoms with Gasteiger partial charge in [-0.2, -0.15) is 5.10 Å². The molecule has 2 aliphatic rings. The highest BCUT2D eigenvalue weighted by Crippen LogP contribution is 2.33. The van der Waals surface area contributed by atoms with Crippen molar-refractivity contribution < 1.29 is 14.3 Å². The number of amides is 1. The number of ether oxygens (including phenoxy) is 1. The average molecular weight is 379 g/mol. The summed E-state index contributed by atoms with van der Waals surface area (Å²) < 4.78 is 7.73. The standard InChI is InChI=1S/C22H25N3O3/c26-21-9-8-19(17-6-2-1-3-7-17)20(21)14-22(27)24-11-5-13-28-18(15-24)16-25-12-4-10-23-25/h1-4,6-7,10,12,18H,5,8-9,11,13-16H2. The number of hydrogen-bond donors (Lipinski definition) is 0. The molecule has 1 aliphatic carbocycles. The van der Waals surface area contributed by atoms with Crippen LogP contribution < -0.4 is 0 Å². The Kier molecular flexibility index (Phi) is 5.67. The molecule has 1 fully saturated rings. The van der Waals surface area contributed by atoms with E-state index in [1.165, 1.54) is 0 Å². The summed E-state index contributed by atoms with van der Waals surface area (Å²) in [5.74, 6) is 0.112. The van der Waals surface area contributed by atoms with Gasteiger partial charge in [0.1, 0.15) is 0 Å². The van der Waals surface area contributed by atoms with E-state index in [0.717, 1.165) is 24.0 Å². The summed E-state index contributed by atoms with van der Waals surface area (Å²) in [5, 5.41) is 4.23. The van der Waals surface area contributed by atoms with Crippen LogP contribution in [0.2, 0.25) is 0 Å². The van der Waals surface area contributed by atoms with Gasteiger partial charge in [0.25, 0.3) is 0 Å². The second kappa shape index (κ2) is 8.52. The third-order valence-corrected chi connectivity index (χ3v) is 5.41. The van der Waals surface area contributed by atoms with Gasteiger partial charge < -0.3 is 9.64 Å². The quantitative estimate of drug-likeness (QED) is 0.801. The number of aromatic nitrogens is 2. The lowest BCUT2D eigenvalue weighted by Gasteiger charge is -2.24. The Morgan fingerprint density at radius 1 is 1.18 bits per heavy atom. The van der Waals surface area contributed by atoms with Gasteiger partial charge in [0.2, 0.25) is 5.91 Å². The topological polar surface area (TPSA) is 64.4 Å². The predicted octanol–water partition coefficient (Wildman–Crippen LogP) is 2.71. The number of allylic oxidation sites excluding steroid dienone is 1. The van der Waals surface area contributed by atoms with E-state index in [4.69, 9.17) is 4.74 Å². The first-order valence-corrected chi connectivity index (χ1v) is 9.88. The molecule has 6 heteroatoms. The second-order valence-corrected chi connectivity index (χ2v) is 7.34. The minimum absolute atomic E-state index is 0.00893. The molecular weight excluding hydrogens is 354 g/mol. The molecule has 1 atom stereocenters. The van der Waals surface area contributed by atoms with E-state index in [9.17, 15) is 9.59 Å². The highest BCUT2D eigenvalue weighted by molar-refractivity contribution is 6.10. The molecular formula is C22H25N3O3. The van der Waals surface area contributed by atoms with Crippen LogP contribution in [-0.4, -0.2) is 52.2 Å². The Labute approximate surface area is 164 Å². The molecule has 0 N–H and O–H groups in total. The Morgan fingerprint density at radius 2 is 2.04 bits per heavy atom. The highest BCUT2D eigenvalue weighted by atomic mass is 16.5. The van der Waals surface area contributed by atoms with Crippen LogP contribution in [0.15, 0.2) is 54.4 Å². The molecule has 1 amide bonds. The minimum atomic E-state index is -0.0896. The normalized spacial score (nSPS) is 20.5. The summed E-state index contributed by atoms with van der Waals surface area (Å²) in [6, 6.07) is 11.8. The molecule has 0 radical (unpaired) electrons. The molecule has 0 spiro atoms. The van der Waals surface area contributed by atoms with Crippen molar-refractivity contribution in [2.75, 3.05) is 19.7 Å². The SMILES string of the molecule is O=C1CCC(c2ccccc2)=C1CC(=O)N1CCCOC(Cn2cccn2)C1. The van der Waals surface area contributed by atoms with Gasteiger partial charge in [-0.1, -0.05) is 30.3 Å². The van der Waals surface area contributed by atoms with Gasteiger partial charge in [-0.3, -0.25) is 14.3 Å². The summed E-state index contributed by atoms with van der Waals surface area (Å²) in [6.07, 6.45) is 5.75. The molecule has 0 saturated carbocycles. The first-order chi connectivity index (χ1) is 13.7. The van der Waals surface area contributed by atoms with Crippen molar-refractivity contribution in [1.82, 2.24) is 14.7 Å². The number of Topliss-reactive ketones (excluding diaryl/α,β-unsaturated/α-hetero) is 1. The van der Waals surface area contributed by atoms with Gasteiger partial charge in [0, 0.05) is 44.1 Å². The Hall–Kier alpha value is -2.73. The smallest absolute Gasteiger partial charge is 0.227 e. The van der Waals surface area contributed by atoms with E-state index in [2.05, 4.69) is 5.10 Å². The van der Waals surface area contributed by atoms with Crippen LogP contribution >= 0.6 is 0 Å². The van der Waals surface area contributed by atoms with Crippen molar-refractivity contribution in [3.8, 4) is 0 Å². The number of hydrogen-bond acceptors (Lipinski definition) is 4. The van der Waals surface area contributed by atoms with Crippen molar-refractivity contribution in [1.29, 1.82) is 0 Å². The van der Waals surface area contributed by atoms with Crippen LogP contribution in [0.25, 0.3) is 5.57 Å². The van der Waals surface area contributed by atoms with Crippen LogP contribution in [0.1, 0.15) is 31.2 Å². The van der Waals surface area contributed by atoms with E-state index in [0.29, 0.717) is 38.2 Å². The fourth-order valence-electron chi connectivity index (χ4n) is 3.98. The Balaban J connectivity index is 1.47. The van der Waals surface area contributed by atoms with E-state index in [-0.39, 0.29) is 24.2 Å². The van der Waals surface area contributed by atoms with Crippen molar-refractivity contribution in [3.05, 3.63) is 59.9 Å². The predicted molar refractivity (Wildman–Crippen MR) is 105 cm³/mol. The molecule has 1 aromatic heterocycles. The maximum absolute atomic E-state index is 13.0. The van der Waals surface area contributed by atoms with E-state index >= 15 is 0 Å². The second-order valence-electron chi connectivity index (χ2n) is 7.34. The van der Waals surface area contributed by atoms with Crippen molar-refractivity contribution in [2.24, 2.45) is 0 Å². The lowest BCUT2D eigenvalue weighted by molar-refractivity contribution is -0.132. The molecule has 1 aromatic carbocycles. The number of ketones is 1. The third kappa shape index (κ3) is 4.22. The first-order valence-electron chi connectivity index (χ1n) is 9.88. The van der Waals surface area contributed by atoms with Gasteiger partial charge in [0.15, 0.2) is 5.78 Å². The molecule has 2 heterocycles. The average Bonchev–Trinajstić information content (AvgIpc) is 3.27. The maximum atomic E-state index is 13.0. The Bertz CT molecular complexity index is 858. The molecule has 1 unspecified atom stereocenters. The number of rotatable bonds is 5. The maximum Gasteiger partial charge on any atom is 0.227 e. The van der Waals surface area contributed by atoms with Gasteiger partial charge in [-0.25, -0.2) is 0 Å². The summed E-state index contributed by atoms with van der Waals surface area (Å²) in [5.41, 5.74) is 2.76. The largest absolute Gasteiger partial charge is 0.374 e. The summed E-state index contributed by atoms with van der Waals surface area (Å²) in [6.45, 7) is 2.44. The van der Waals surface area contributed by atoms with Crippen LogP contribution in [-0.2, 0) is 20.9 Å². The summed E-state index contributed by atoms with van der Waals surface area (Å²) in [7, 11) is 0. The van der Waals surface area contributed by atoms with Crippen LogP contribution in [0.5, 0.6) is 0 Å². The zero-order valence-corrected chi connectivity index (χ0v) is 15.9. The molecule has 0 bridgehead atoms. The molecule has 146 valence electrons. The van der Waals surface area contributed by atoms with Gasteiger partial charge >= 0.3 is 0 Å². The van der Waals surface area contributed by atoms with Gasteiger partial charge in [-0.05, 0) is 30.0 Å². The first kappa shape index (κ1) is 18.6. The lowest BCUT2D eigenvalue weighted by atomic mass is 9.99. The van der Waals surface area contributed by atoms with Crippen LogP contribution in [0.3, 0.4) is 0 Å². The molecule has 28 heavy (non-hydrogen) atoms. The monoisotopic (exact) mass is 379 g/mol. The zero-order chi connectivity index (χ0) is 19.3. The fourth-order valence-corrected chi connectivity index (χ4v) is 3.98. The van der Waals surface area contributed by atoms with E-state index in [1.807, 2.05) is 52.2 Å².